The first-order valence-corrected chi connectivity index (χ1v) is 5.82. The molecule has 5 heteroatoms. The fraction of sp³-hybridized carbons (Fsp3) is 0.333. The molecule has 17 heavy (non-hydrogen) atoms. The predicted molar refractivity (Wildman–Crippen MR) is 66.1 cm³/mol. The summed E-state index contributed by atoms with van der Waals surface area (Å²) < 4.78 is 0. The Hall–Kier alpha value is -1.55. The summed E-state index contributed by atoms with van der Waals surface area (Å²) in [5, 5.41) is 5.44. The van der Waals surface area contributed by atoms with E-state index >= 15 is 0 Å². The molecule has 2 rings (SSSR count). The van der Waals surface area contributed by atoms with Crippen molar-refractivity contribution < 1.29 is 9.59 Å². The normalized spacial score (nSPS) is 14.2. The molecule has 1 aromatic rings. The average molecular weight is 253 g/mol. The summed E-state index contributed by atoms with van der Waals surface area (Å²) in [6.45, 7) is 1.88. The van der Waals surface area contributed by atoms with Crippen molar-refractivity contribution in [1.82, 2.24) is 5.32 Å². The van der Waals surface area contributed by atoms with Crippen LogP contribution in [0, 0.1) is 12.8 Å². The van der Waals surface area contributed by atoms with E-state index in [0.29, 0.717) is 10.7 Å². The Morgan fingerprint density at radius 1 is 1.35 bits per heavy atom. The first kappa shape index (κ1) is 11.9. The second-order valence-electron chi connectivity index (χ2n) is 4.18. The van der Waals surface area contributed by atoms with Crippen molar-refractivity contribution in [2.75, 3.05) is 5.32 Å². The van der Waals surface area contributed by atoms with Gasteiger partial charge in [-0.2, -0.15) is 0 Å². The minimum absolute atomic E-state index is 0.0161. The molecule has 0 spiro atoms. The van der Waals surface area contributed by atoms with Crippen LogP contribution in [0.15, 0.2) is 18.2 Å². The Bertz CT molecular complexity index is 470. The van der Waals surface area contributed by atoms with E-state index in [4.69, 9.17) is 11.6 Å². The molecule has 0 aromatic heterocycles. The molecule has 1 aliphatic rings. The Morgan fingerprint density at radius 3 is 2.65 bits per heavy atom. The highest BCUT2D eigenvalue weighted by molar-refractivity contribution is 6.31. The first-order chi connectivity index (χ1) is 8.06. The fourth-order valence-corrected chi connectivity index (χ4v) is 1.57. The van der Waals surface area contributed by atoms with E-state index in [1.807, 2.05) is 6.92 Å². The van der Waals surface area contributed by atoms with Gasteiger partial charge in [-0.3, -0.25) is 10.1 Å². The van der Waals surface area contributed by atoms with Gasteiger partial charge in [0.2, 0.25) is 5.91 Å². The highest BCUT2D eigenvalue weighted by Gasteiger charge is 2.30. The van der Waals surface area contributed by atoms with Crippen LogP contribution in [0.3, 0.4) is 0 Å². The van der Waals surface area contributed by atoms with Crippen LogP contribution in [0.1, 0.15) is 18.4 Å². The van der Waals surface area contributed by atoms with Crippen LogP contribution in [0.25, 0.3) is 0 Å². The number of urea groups is 1. The van der Waals surface area contributed by atoms with Gasteiger partial charge in [-0.25, -0.2) is 4.79 Å². The van der Waals surface area contributed by atoms with Crippen molar-refractivity contribution >= 4 is 29.2 Å². The smallest absolute Gasteiger partial charge is 0.308 e. The van der Waals surface area contributed by atoms with Crippen LogP contribution in [-0.4, -0.2) is 11.9 Å². The Morgan fingerprint density at radius 2 is 2.06 bits per heavy atom. The highest BCUT2D eigenvalue weighted by Crippen LogP contribution is 2.28. The van der Waals surface area contributed by atoms with E-state index in [9.17, 15) is 9.59 Å². The zero-order valence-corrected chi connectivity index (χ0v) is 10.2. The predicted octanol–water partition coefficient (Wildman–Crippen LogP) is 2.71. The molecule has 2 N–H and O–H groups in total. The molecule has 0 saturated heterocycles. The molecular formula is C12H13ClN2O2. The summed E-state index contributed by atoms with van der Waals surface area (Å²) in [7, 11) is 0. The van der Waals surface area contributed by atoms with Crippen LogP contribution in [0.4, 0.5) is 10.5 Å². The van der Waals surface area contributed by atoms with Gasteiger partial charge in [0.15, 0.2) is 0 Å². The largest absolute Gasteiger partial charge is 0.325 e. The molecular weight excluding hydrogens is 240 g/mol. The Balaban J connectivity index is 1.92. The zero-order chi connectivity index (χ0) is 12.4. The maximum atomic E-state index is 11.5. The number of benzene rings is 1. The molecule has 0 aliphatic heterocycles. The maximum absolute atomic E-state index is 11.5. The standard InChI is InChI=1S/C12H13ClN2O2/c1-7-2-5-9(6-10(7)13)14-12(17)15-11(16)8-3-4-8/h2,5-6,8H,3-4H2,1H3,(H2,14,15,16,17). The lowest BCUT2D eigenvalue weighted by Gasteiger charge is -2.07. The lowest BCUT2D eigenvalue weighted by atomic mass is 10.2. The minimum Gasteiger partial charge on any atom is -0.308 e. The van der Waals surface area contributed by atoms with Gasteiger partial charge in [0.1, 0.15) is 0 Å². The topological polar surface area (TPSA) is 58.2 Å². The van der Waals surface area contributed by atoms with Gasteiger partial charge < -0.3 is 5.32 Å². The molecule has 3 amide bonds. The van der Waals surface area contributed by atoms with E-state index < -0.39 is 6.03 Å². The second kappa shape index (κ2) is 4.75. The summed E-state index contributed by atoms with van der Waals surface area (Å²) in [6.07, 6.45) is 1.74. The number of carbonyl (C=O) groups excluding carboxylic acids is 2. The number of hydrogen-bond acceptors (Lipinski definition) is 2. The molecule has 1 aliphatic carbocycles. The average Bonchev–Trinajstić information content (AvgIpc) is 3.06. The van der Waals surface area contributed by atoms with Crippen LogP contribution < -0.4 is 10.6 Å². The van der Waals surface area contributed by atoms with Gasteiger partial charge in [-0.1, -0.05) is 17.7 Å². The number of halogens is 1. The van der Waals surface area contributed by atoms with Crippen molar-refractivity contribution in [1.29, 1.82) is 0 Å². The summed E-state index contributed by atoms with van der Waals surface area (Å²) in [5.74, 6) is -0.192. The number of hydrogen-bond donors (Lipinski definition) is 2. The van der Waals surface area contributed by atoms with Crippen molar-refractivity contribution in [3.8, 4) is 0 Å². The quantitative estimate of drug-likeness (QED) is 0.850. The number of aryl methyl sites for hydroxylation is 1. The molecule has 0 atom stereocenters. The zero-order valence-electron chi connectivity index (χ0n) is 9.42. The van der Waals surface area contributed by atoms with Crippen LogP contribution in [0.5, 0.6) is 0 Å². The molecule has 1 aromatic carbocycles. The summed E-state index contributed by atoms with van der Waals surface area (Å²) in [5.41, 5.74) is 1.51. The molecule has 0 bridgehead atoms. The van der Waals surface area contributed by atoms with E-state index in [2.05, 4.69) is 10.6 Å². The SMILES string of the molecule is Cc1ccc(NC(=O)NC(=O)C2CC2)cc1Cl. The summed E-state index contributed by atoms with van der Waals surface area (Å²) >= 11 is 5.92. The monoisotopic (exact) mass is 252 g/mol. The van der Waals surface area contributed by atoms with Gasteiger partial charge in [0.25, 0.3) is 0 Å². The highest BCUT2D eigenvalue weighted by atomic mass is 35.5. The first-order valence-electron chi connectivity index (χ1n) is 5.44. The van der Waals surface area contributed by atoms with Crippen molar-refractivity contribution in [2.45, 2.75) is 19.8 Å². The van der Waals surface area contributed by atoms with Gasteiger partial charge in [0.05, 0.1) is 0 Å². The van der Waals surface area contributed by atoms with Crippen molar-refractivity contribution in [2.24, 2.45) is 5.92 Å². The molecule has 90 valence electrons. The fourth-order valence-electron chi connectivity index (χ4n) is 1.39. The number of nitrogens with one attached hydrogen (secondary N) is 2. The molecule has 0 heterocycles. The third-order valence-corrected chi connectivity index (χ3v) is 3.02. The Kier molecular flexibility index (Phi) is 3.33. The Labute approximate surface area is 104 Å². The number of rotatable bonds is 2. The van der Waals surface area contributed by atoms with Gasteiger partial charge in [-0.05, 0) is 37.5 Å². The third-order valence-electron chi connectivity index (χ3n) is 2.61. The molecule has 1 saturated carbocycles. The summed E-state index contributed by atoms with van der Waals surface area (Å²) in [6, 6.07) is 4.68. The van der Waals surface area contributed by atoms with Gasteiger partial charge in [-0.15, -0.1) is 0 Å². The van der Waals surface area contributed by atoms with Crippen molar-refractivity contribution in [3.63, 3.8) is 0 Å². The minimum atomic E-state index is -0.512. The molecule has 1 fully saturated rings. The van der Waals surface area contributed by atoms with Gasteiger partial charge in [0, 0.05) is 16.6 Å². The number of anilines is 1. The van der Waals surface area contributed by atoms with Crippen LogP contribution >= 0.6 is 11.6 Å². The summed E-state index contributed by atoms with van der Waals surface area (Å²) in [4.78, 5) is 22.8. The maximum Gasteiger partial charge on any atom is 0.325 e. The number of carbonyl (C=O) groups is 2. The van der Waals surface area contributed by atoms with E-state index in [1.54, 1.807) is 18.2 Å². The third kappa shape index (κ3) is 3.20. The number of amides is 3. The van der Waals surface area contributed by atoms with Crippen LogP contribution in [0.2, 0.25) is 5.02 Å². The molecule has 0 unspecified atom stereocenters. The van der Waals surface area contributed by atoms with Crippen molar-refractivity contribution in [3.05, 3.63) is 28.8 Å². The van der Waals surface area contributed by atoms with E-state index in [1.165, 1.54) is 0 Å². The second-order valence-corrected chi connectivity index (χ2v) is 4.59. The van der Waals surface area contributed by atoms with E-state index in [0.717, 1.165) is 18.4 Å². The van der Waals surface area contributed by atoms with Gasteiger partial charge >= 0.3 is 6.03 Å². The molecule has 0 radical (unpaired) electrons. The van der Waals surface area contributed by atoms with Crippen LogP contribution in [-0.2, 0) is 4.79 Å². The lowest BCUT2D eigenvalue weighted by molar-refractivity contribution is -0.121. The van der Waals surface area contributed by atoms with E-state index in [-0.39, 0.29) is 11.8 Å². The number of imide groups is 1. The molecule has 4 nitrogen and oxygen atoms in total. The lowest BCUT2D eigenvalue weighted by Crippen LogP contribution is -2.35.